The molecule has 0 saturated heterocycles. The molecular weight excluding hydrogens is 261 g/mol. The lowest BCUT2D eigenvalue weighted by molar-refractivity contribution is 0.0927. The van der Waals surface area contributed by atoms with E-state index in [0.29, 0.717) is 0 Å². The van der Waals surface area contributed by atoms with E-state index in [1.165, 1.54) is 26.0 Å². The normalized spacial score (nSPS) is 12.3. The van der Waals surface area contributed by atoms with Gasteiger partial charge in [-0.05, 0) is 32.0 Å². The van der Waals surface area contributed by atoms with Gasteiger partial charge in [-0.2, -0.15) is 0 Å². The van der Waals surface area contributed by atoms with Crippen LogP contribution in [0, 0.1) is 5.82 Å². The van der Waals surface area contributed by atoms with Crippen molar-refractivity contribution in [2.45, 2.75) is 19.4 Å². The minimum absolute atomic E-state index is 0.168. The van der Waals surface area contributed by atoms with Crippen LogP contribution >= 0.6 is 11.6 Å². The Hall–Kier alpha value is -1.82. The van der Waals surface area contributed by atoms with Gasteiger partial charge in [-0.15, -0.1) is 0 Å². The predicted molar refractivity (Wildman–Crippen MR) is 66.4 cm³/mol. The van der Waals surface area contributed by atoms with Crippen LogP contribution in [0.2, 0.25) is 5.02 Å². The van der Waals surface area contributed by atoms with Crippen LogP contribution in [-0.4, -0.2) is 22.5 Å². The Morgan fingerprint density at radius 3 is 2.67 bits per heavy atom. The molecule has 1 rings (SSSR count). The van der Waals surface area contributed by atoms with Crippen LogP contribution in [0.15, 0.2) is 23.4 Å². The number of benzene rings is 1. The number of rotatable bonds is 3. The Bertz CT molecular complexity index is 503. The van der Waals surface area contributed by atoms with Gasteiger partial charge in [-0.1, -0.05) is 16.8 Å². The van der Waals surface area contributed by atoms with Crippen molar-refractivity contribution in [3.8, 4) is 0 Å². The summed E-state index contributed by atoms with van der Waals surface area (Å²) in [5, 5.41) is 14.0. The number of carbonyl (C=O) groups excluding carboxylic acids is 1. The molecule has 0 unspecified atom stereocenters. The fourth-order valence-electron chi connectivity index (χ4n) is 1.21. The second-order valence-corrected chi connectivity index (χ2v) is 4.62. The van der Waals surface area contributed by atoms with E-state index in [4.69, 9.17) is 22.5 Å². The molecule has 4 N–H and O–H groups in total. The highest BCUT2D eigenvalue weighted by Gasteiger charge is 2.27. The maximum absolute atomic E-state index is 13.5. The number of amides is 1. The molecule has 0 aliphatic heterocycles. The number of halogens is 2. The van der Waals surface area contributed by atoms with Gasteiger partial charge in [0, 0.05) is 5.02 Å². The van der Waals surface area contributed by atoms with Crippen LogP contribution in [0.25, 0.3) is 0 Å². The third-order valence-corrected chi connectivity index (χ3v) is 2.58. The molecule has 1 aromatic rings. The monoisotopic (exact) mass is 273 g/mol. The molecule has 0 atom stereocenters. The fraction of sp³-hybridized carbons (Fsp3) is 0.273. The van der Waals surface area contributed by atoms with Crippen molar-refractivity contribution in [2.75, 3.05) is 0 Å². The lowest BCUT2D eigenvalue weighted by Crippen LogP contribution is -2.53. The van der Waals surface area contributed by atoms with Gasteiger partial charge in [-0.3, -0.25) is 4.79 Å². The zero-order valence-electron chi connectivity index (χ0n) is 9.87. The summed E-state index contributed by atoms with van der Waals surface area (Å²) in [4.78, 5) is 11.8. The van der Waals surface area contributed by atoms with Gasteiger partial charge >= 0.3 is 0 Å². The summed E-state index contributed by atoms with van der Waals surface area (Å²) in [7, 11) is 0. The van der Waals surface area contributed by atoms with Gasteiger partial charge in [0.1, 0.15) is 5.82 Å². The predicted octanol–water partition coefficient (Wildman–Crippen LogP) is 1.73. The number of amidine groups is 1. The van der Waals surface area contributed by atoms with Gasteiger partial charge in [0.25, 0.3) is 5.91 Å². The van der Waals surface area contributed by atoms with Crippen LogP contribution in [0.4, 0.5) is 4.39 Å². The smallest absolute Gasteiger partial charge is 0.255 e. The van der Waals surface area contributed by atoms with E-state index in [1.807, 2.05) is 0 Å². The van der Waals surface area contributed by atoms with Crippen molar-refractivity contribution in [3.05, 3.63) is 34.6 Å². The second-order valence-electron chi connectivity index (χ2n) is 4.19. The van der Waals surface area contributed by atoms with Crippen molar-refractivity contribution in [3.63, 3.8) is 0 Å². The zero-order chi connectivity index (χ0) is 13.9. The van der Waals surface area contributed by atoms with Crippen LogP contribution in [0.3, 0.4) is 0 Å². The standard InChI is InChI=1S/C11H13ClFN3O2/c1-11(2,10(14)16-18)15-9(17)7-4-3-6(12)5-8(7)13/h3-5,18H,1-2H3,(H2,14,16)(H,15,17). The van der Waals surface area contributed by atoms with E-state index < -0.39 is 17.3 Å². The van der Waals surface area contributed by atoms with Crippen LogP contribution in [0.5, 0.6) is 0 Å². The molecule has 0 heterocycles. The molecule has 0 radical (unpaired) electrons. The summed E-state index contributed by atoms with van der Waals surface area (Å²) in [6.07, 6.45) is 0. The van der Waals surface area contributed by atoms with E-state index in [1.54, 1.807) is 0 Å². The molecule has 0 aliphatic carbocycles. The highest BCUT2D eigenvalue weighted by molar-refractivity contribution is 6.30. The minimum Gasteiger partial charge on any atom is -0.409 e. The van der Waals surface area contributed by atoms with E-state index in [9.17, 15) is 9.18 Å². The van der Waals surface area contributed by atoms with Crippen molar-refractivity contribution in [1.29, 1.82) is 0 Å². The van der Waals surface area contributed by atoms with Crippen molar-refractivity contribution in [1.82, 2.24) is 5.32 Å². The molecule has 5 nitrogen and oxygen atoms in total. The second kappa shape index (κ2) is 5.22. The first-order chi connectivity index (χ1) is 8.27. The topological polar surface area (TPSA) is 87.7 Å². The fourth-order valence-corrected chi connectivity index (χ4v) is 1.37. The molecule has 1 amide bonds. The average molecular weight is 274 g/mol. The summed E-state index contributed by atoms with van der Waals surface area (Å²) in [6.45, 7) is 3.04. The Morgan fingerprint density at radius 1 is 1.56 bits per heavy atom. The SMILES string of the molecule is CC(C)(NC(=O)c1ccc(Cl)cc1F)/C(N)=N/O. The molecule has 98 valence electrons. The van der Waals surface area contributed by atoms with E-state index in [0.717, 1.165) is 6.07 Å². The third-order valence-electron chi connectivity index (χ3n) is 2.35. The highest BCUT2D eigenvalue weighted by Crippen LogP contribution is 2.15. The summed E-state index contributed by atoms with van der Waals surface area (Å²) < 4.78 is 13.5. The highest BCUT2D eigenvalue weighted by atomic mass is 35.5. The lowest BCUT2D eigenvalue weighted by Gasteiger charge is -2.24. The largest absolute Gasteiger partial charge is 0.409 e. The Labute approximate surface area is 108 Å². The first-order valence-electron chi connectivity index (χ1n) is 5.03. The number of nitrogens with one attached hydrogen (secondary N) is 1. The summed E-state index contributed by atoms with van der Waals surface area (Å²) in [5.41, 5.74) is 4.14. The van der Waals surface area contributed by atoms with Crippen LogP contribution < -0.4 is 11.1 Å². The quantitative estimate of drug-likeness (QED) is 0.339. The maximum Gasteiger partial charge on any atom is 0.255 e. The van der Waals surface area contributed by atoms with E-state index >= 15 is 0 Å². The Kier molecular flexibility index (Phi) is 4.13. The van der Waals surface area contributed by atoms with E-state index in [-0.39, 0.29) is 16.4 Å². The van der Waals surface area contributed by atoms with Gasteiger partial charge in [-0.25, -0.2) is 4.39 Å². The maximum atomic E-state index is 13.5. The number of hydrogen-bond donors (Lipinski definition) is 3. The van der Waals surface area contributed by atoms with Gasteiger partial charge in [0.2, 0.25) is 0 Å². The molecule has 0 spiro atoms. The van der Waals surface area contributed by atoms with Gasteiger partial charge in [0.05, 0.1) is 11.1 Å². The summed E-state index contributed by atoms with van der Waals surface area (Å²) >= 11 is 5.58. The molecular formula is C11H13ClFN3O2. The molecule has 0 fully saturated rings. The zero-order valence-corrected chi connectivity index (χ0v) is 10.6. The van der Waals surface area contributed by atoms with Crippen molar-refractivity contribution >= 4 is 23.3 Å². The number of oxime groups is 1. The number of hydrogen-bond acceptors (Lipinski definition) is 3. The number of nitrogens with zero attached hydrogens (tertiary/aromatic N) is 1. The lowest BCUT2D eigenvalue weighted by atomic mass is 10.0. The molecule has 0 bridgehead atoms. The summed E-state index contributed by atoms with van der Waals surface area (Å²) in [6, 6.07) is 3.69. The first kappa shape index (κ1) is 14.2. The average Bonchev–Trinajstić information content (AvgIpc) is 2.26. The Balaban J connectivity index is 2.96. The minimum atomic E-state index is -1.10. The van der Waals surface area contributed by atoms with Crippen molar-refractivity contribution in [2.24, 2.45) is 10.9 Å². The number of carbonyl (C=O) groups is 1. The van der Waals surface area contributed by atoms with Gasteiger partial charge < -0.3 is 16.3 Å². The molecule has 0 aromatic heterocycles. The summed E-state index contributed by atoms with van der Waals surface area (Å²) in [5.74, 6) is -1.61. The molecule has 1 aromatic carbocycles. The Morgan fingerprint density at radius 2 is 2.17 bits per heavy atom. The molecule has 18 heavy (non-hydrogen) atoms. The van der Waals surface area contributed by atoms with Crippen LogP contribution in [0.1, 0.15) is 24.2 Å². The molecule has 7 heteroatoms. The van der Waals surface area contributed by atoms with Crippen molar-refractivity contribution < 1.29 is 14.4 Å². The third kappa shape index (κ3) is 3.10. The number of nitrogens with two attached hydrogens (primary N) is 1. The van der Waals surface area contributed by atoms with Crippen LogP contribution in [-0.2, 0) is 0 Å². The van der Waals surface area contributed by atoms with E-state index in [2.05, 4.69) is 10.5 Å². The molecule has 0 saturated carbocycles. The first-order valence-corrected chi connectivity index (χ1v) is 5.41. The molecule has 0 aliphatic rings. The van der Waals surface area contributed by atoms with Gasteiger partial charge in [0.15, 0.2) is 5.84 Å².